The van der Waals surface area contributed by atoms with Crippen molar-refractivity contribution in [1.82, 2.24) is 4.98 Å². The molecule has 0 unspecified atom stereocenters. The Hall–Kier alpha value is -2.36. The zero-order valence-electron chi connectivity index (χ0n) is 12.1. The molecule has 0 spiro atoms. The van der Waals surface area contributed by atoms with Crippen LogP contribution in [0.15, 0.2) is 36.4 Å². The highest BCUT2D eigenvalue weighted by atomic mass is 15.1. The van der Waals surface area contributed by atoms with Crippen LogP contribution >= 0.6 is 0 Å². The van der Waals surface area contributed by atoms with Crippen molar-refractivity contribution in [2.75, 3.05) is 11.9 Å². The zero-order valence-corrected chi connectivity index (χ0v) is 12.1. The van der Waals surface area contributed by atoms with Crippen molar-refractivity contribution in [2.45, 2.75) is 20.4 Å². The Balaban J connectivity index is 2.29. The SMILES string of the molecule is Cc1ccc(N(C)Cc2cccc(C)n2)c(C(=N)N)c1. The quantitative estimate of drug-likeness (QED) is 0.661. The maximum Gasteiger partial charge on any atom is 0.124 e. The van der Waals surface area contributed by atoms with Gasteiger partial charge >= 0.3 is 0 Å². The second kappa shape index (κ2) is 5.74. The van der Waals surface area contributed by atoms with Crippen LogP contribution < -0.4 is 10.6 Å². The van der Waals surface area contributed by atoms with Crippen LogP contribution in [0.5, 0.6) is 0 Å². The van der Waals surface area contributed by atoms with Crippen LogP contribution in [-0.2, 0) is 6.54 Å². The predicted octanol–water partition coefficient (Wildman–Crippen LogP) is 2.62. The van der Waals surface area contributed by atoms with Crippen LogP contribution in [0.4, 0.5) is 5.69 Å². The van der Waals surface area contributed by atoms with Crippen molar-refractivity contribution in [2.24, 2.45) is 5.73 Å². The van der Waals surface area contributed by atoms with Gasteiger partial charge < -0.3 is 10.6 Å². The van der Waals surface area contributed by atoms with Gasteiger partial charge in [-0.15, -0.1) is 0 Å². The first-order valence-electron chi connectivity index (χ1n) is 6.56. The molecule has 3 N–H and O–H groups in total. The molecule has 0 bridgehead atoms. The van der Waals surface area contributed by atoms with E-state index in [0.29, 0.717) is 6.54 Å². The van der Waals surface area contributed by atoms with Gasteiger partial charge in [0.25, 0.3) is 0 Å². The van der Waals surface area contributed by atoms with Crippen molar-refractivity contribution in [1.29, 1.82) is 5.41 Å². The van der Waals surface area contributed by atoms with Crippen LogP contribution in [0.3, 0.4) is 0 Å². The molecule has 0 fully saturated rings. The highest BCUT2D eigenvalue weighted by Crippen LogP contribution is 2.22. The van der Waals surface area contributed by atoms with Crippen LogP contribution in [-0.4, -0.2) is 17.9 Å². The van der Waals surface area contributed by atoms with Crippen LogP contribution in [0.1, 0.15) is 22.5 Å². The number of pyridine rings is 1. The number of rotatable bonds is 4. The van der Waals surface area contributed by atoms with E-state index in [1.165, 1.54) is 0 Å². The molecule has 0 aliphatic rings. The van der Waals surface area contributed by atoms with Gasteiger partial charge in [-0.3, -0.25) is 10.4 Å². The summed E-state index contributed by atoms with van der Waals surface area (Å²) >= 11 is 0. The van der Waals surface area contributed by atoms with E-state index in [1.807, 2.05) is 57.3 Å². The second-order valence-electron chi connectivity index (χ2n) is 5.06. The summed E-state index contributed by atoms with van der Waals surface area (Å²) in [6, 6.07) is 12.0. The lowest BCUT2D eigenvalue weighted by Crippen LogP contribution is -2.22. The highest BCUT2D eigenvalue weighted by molar-refractivity contribution is 6.00. The van der Waals surface area contributed by atoms with E-state index in [4.69, 9.17) is 11.1 Å². The van der Waals surface area contributed by atoms with Gasteiger partial charge in [-0.25, -0.2) is 0 Å². The molecule has 0 aliphatic carbocycles. The molecule has 2 aromatic rings. The summed E-state index contributed by atoms with van der Waals surface area (Å²) in [5.74, 6) is 0.0905. The Kier molecular flexibility index (Phi) is 4.03. The molecule has 2 rings (SSSR count). The number of hydrogen-bond acceptors (Lipinski definition) is 3. The third kappa shape index (κ3) is 3.15. The largest absolute Gasteiger partial charge is 0.384 e. The number of nitrogens with two attached hydrogens (primary N) is 1. The monoisotopic (exact) mass is 268 g/mol. The second-order valence-corrected chi connectivity index (χ2v) is 5.06. The Bertz CT molecular complexity index is 634. The fourth-order valence-corrected chi connectivity index (χ4v) is 2.21. The topological polar surface area (TPSA) is 66.0 Å². The molecular weight excluding hydrogens is 248 g/mol. The van der Waals surface area contributed by atoms with Crippen molar-refractivity contribution in [3.63, 3.8) is 0 Å². The third-order valence-electron chi connectivity index (χ3n) is 3.20. The first-order valence-corrected chi connectivity index (χ1v) is 6.56. The number of aryl methyl sites for hydroxylation is 2. The maximum atomic E-state index is 7.72. The fourth-order valence-electron chi connectivity index (χ4n) is 2.21. The number of anilines is 1. The Morgan fingerprint density at radius 1 is 1.25 bits per heavy atom. The molecule has 0 saturated heterocycles. The summed E-state index contributed by atoms with van der Waals surface area (Å²) in [5.41, 5.74) is 10.5. The summed E-state index contributed by atoms with van der Waals surface area (Å²) in [6.45, 7) is 4.67. The average Bonchev–Trinajstić information content (AvgIpc) is 2.38. The molecule has 1 aromatic carbocycles. The third-order valence-corrected chi connectivity index (χ3v) is 3.20. The van der Waals surface area contributed by atoms with Crippen molar-refractivity contribution in [3.05, 3.63) is 58.9 Å². The fraction of sp³-hybridized carbons (Fsp3) is 0.250. The minimum absolute atomic E-state index is 0.0905. The molecule has 0 atom stereocenters. The summed E-state index contributed by atoms with van der Waals surface area (Å²) in [7, 11) is 1.99. The number of nitrogens with zero attached hydrogens (tertiary/aromatic N) is 2. The van der Waals surface area contributed by atoms with E-state index in [0.717, 1.165) is 28.2 Å². The van der Waals surface area contributed by atoms with Gasteiger partial charge in [-0.1, -0.05) is 17.7 Å². The molecule has 4 heteroatoms. The van der Waals surface area contributed by atoms with E-state index < -0.39 is 0 Å². The number of aromatic nitrogens is 1. The lowest BCUT2D eigenvalue weighted by molar-refractivity contribution is 0.875. The predicted molar refractivity (Wildman–Crippen MR) is 83.3 cm³/mol. The molecular formula is C16H20N4. The Morgan fingerprint density at radius 3 is 2.65 bits per heavy atom. The minimum Gasteiger partial charge on any atom is -0.384 e. The lowest BCUT2D eigenvalue weighted by atomic mass is 10.1. The molecule has 0 aliphatic heterocycles. The first-order chi connectivity index (χ1) is 9.47. The molecule has 1 heterocycles. The van der Waals surface area contributed by atoms with Gasteiger partial charge in [0.1, 0.15) is 5.84 Å². The van der Waals surface area contributed by atoms with Gasteiger partial charge in [0.15, 0.2) is 0 Å². The lowest BCUT2D eigenvalue weighted by Gasteiger charge is -2.22. The van der Waals surface area contributed by atoms with E-state index in [2.05, 4.69) is 9.88 Å². The summed E-state index contributed by atoms with van der Waals surface area (Å²) < 4.78 is 0. The molecule has 0 radical (unpaired) electrons. The first kappa shape index (κ1) is 14.1. The van der Waals surface area contributed by atoms with Gasteiger partial charge in [-0.2, -0.15) is 0 Å². The normalized spacial score (nSPS) is 10.3. The standard InChI is InChI=1S/C16H20N4/c1-11-7-8-15(14(9-11)16(17)18)20(3)10-13-6-4-5-12(2)19-13/h4-9H,10H2,1-3H3,(H3,17,18). The zero-order chi connectivity index (χ0) is 14.7. The van der Waals surface area contributed by atoms with Crippen molar-refractivity contribution in [3.8, 4) is 0 Å². The molecule has 4 nitrogen and oxygen atoms in total. The highest BCUT2D eigenvalue weighted by Gasteiger charge is 2.11. The van der Waals surface area contributed by atoms with E-state index >= 15 is 0 Å². The average molecular weight is 268 g/mol. The van der Waals surface area contributed by atoms with Gasteiger partial charge in [-0.05, 0) is 38.1 Å². The maximum absolute atomic E-state index is 7.72. The molecule has 20 heavy (non-hydrogen) atoms. The van der Waals surface area contributed by atoms with E-state index in [1.54, 1.807) is 0 Å². The molecule has 104 valence electrons. The summed E-state index contributed by atoms with van der Waals surface area (Å²) in [6.07, 6.45) is 0. The Morgan fingerprint density at radius 2 is 2.00 bits per heavy atom. The number of nitrogen functional groups attached to an aromatic ring is 1. The van der Waals surface area contributed by atoms with Crippen LogP contribution in [0.2, 0.25) is 0 Å². The number of hydrogen-bond donors (Lipinski definition) is 2. The number of amidine groups is 1. The van der Waals surface area contributed by atoms with Gasteiger partial charge in [0, 0.05) is 24.0 Å². The van der Waals surface area contributed by atoms with E-state index in [9.17, 15) is 0 Å². The van der Waals surface area contributed by atoms with Crippen molar-refractivity contribution < 1.29 is 0 Å². The summed E-state index contributed by atoms with van der Waals surface area (Å²) in [4.78, 5) is 6.57. The number of benzene rings is 1. The van der Waals surface area contributed by atoms with Crippen LogP contribution in [0, 0.1) is 19.3 Å². The van der Waals surface area contributed by atoms with Crippen LogP contribution in [0.25, 0.3) is 0 Å². The smallest absolute Gasteiger partial charge is 0.124 e. The minimum atomic E-state index is 0.0905. The van der Waals surface area contributed by atoms with Gasteiger partial charge in [0.2, 0.25) is 0 Å². The molecule has 1 aromatic heterocycles. The number of nitrogens with one attached hydrogen (secondary N) is 1. The van der Waals surface area contributed by atoms with E-state index in [-0.39, 0.29) is 5.84 Å². The molecule has 0 amide bonds. The summed E-state index contributed by atoms with van der Waals surface area (Å²) in [5, 5.41) is 7.72. The van der Waals surface area contributed by atoms with Crippen molar-refractivity contribution >= 4 is 11.5 Å². The van der Waals surface area contributed by atoms with Gasteiger partial charge in [0.05, 0.1) is 12.2 Å². The Labute approximate surface area is 119 Å². The molecule has 0 saturated carbocycles.